The van der Waals surface area contributed by atoms with E-state index in [0.29, 0.717) is 10.8 Å². The number of halogens is 1. The highest BCUT2D eigenvalue weighted by Crippen LogP contribution is 2.46. The molecule has 1 atom stereocenters. The average molecular weight is 528 g/mol. The fourth-order valence-corrected chi connectivity index (χ4v) is 4.97. The molecule has 1 heterocycles. The Bertz CT molecular complexity index is 1600. The number of fused-ring (bicyclic) bond motifs is 2. The molecule has 1 N–H and O–H groups in total. The first-order chi connectivity index (χ1) is 18.9. The van der Waals surface area contributed by atoms with Crippen molar-refractivity contribution in [1.82, 2.24) is 0 Å². The minimum atomic E-state index is -1.15. The number of rotatable bonds is 9. The number of hydrogen-bond acceptors (Lipinski definition) is 5. The van der Waals surface area contributed by atoms with Crippen molar-refractivity contribution in [2.24, 2.45) is 0 Å². The molecule has 4 aromatic rings. The number of carboxylic acids is 1. The molecular weight excluding hydrogens is 501 g/mol. The third-order valence-corrected chi connectivity index (χ3v) is 6.79. The zero-order chi connectivity index (χ0) is 27.7. The summed E-state index contributed by atoms with van der Waals surface area (Å²) in [5.41, 5.74) is 0.935. The van der Waals surface area contributed by atoms with Gasteiger partial charge in [-0.2, -0.15) is 0 Å². The molecule has 8 heteroatoms. The minimum absolute atomic E-state index is 0.0109. The van der Waals surface area contributed by atoms with Crippen molar-refractivity contribution in [3.05, 3.63) is 101 Å². The lowest BCUT2D eigenvalue weighted by Gasteiger charge is -2.17. The van der Waals surface area contributed by atoms with Gasteiger partial charge in [0.05, 0.1) is 29.3 Å². The zero-order valence-corrected chi connectivity index (χ0v) is 21.4. The highest BCUT2D eigenvalue weighted by molar-refractivity contribution is 6.38. The SMILES string of the molecule is CCOc1c2c(c(OCc3ccccc3)c3ccccc13)C(=O)N(c1ccc(C(CC)C(=O)O)c(F)c1)C2=O. The molecule has 0 radical (unpaired) electrons. The molecule has 0 aliphatic carbocycles. The van der Waals surface area contributed by atoms with Gasteiger partial charge in [-0.1, -0.05) is 67.6 Å². The van der Waals surface area contributed by atoms with Gasteiger partial charge in [0.15, 0.2) is 0 Å². The summed E-state index contributed by atoms with van der Waals surface area (Å²) < 4.78 is 27.2. The lowest BCUT2D eigenvalue weighted by Crippen LogP contribution is -2.29. The number of hydrogen-bond donors (Lipinski definition) is 1. The van der Waals surface area contributed by atoms with Crippen LogP contribution in [0.2, 0.25) is 0 Å². The van der Waals surface area contributed by atoms with Crippen LogP contribution in [0.3, 0.4) is 0 Å². The molecule has 0 spiro atoms. The standard InChI is InChI=1S/C31H26FNO6/c1-3-20(31(36)37)21-15-14-19(16-24(21)32)33-29(34)25-26(30(33)35)28(39-17-18-10-6-5-7-11-18)23-13-9-8-12-22(23)27(25)38-4-2/h5-16,20H,3-4,17H2,1-2H3,(H,36,37). The van der Waals surface area contributed by atoms with Crippen LogP contribution in [0.1, 0.15) is 58.0 Å². The lowest BCUT2D eigenvalue weighted by molar-refractivity contribution is -0.138. The monoisotopic (exact) mass is 527 g/mol. The van der Waals surface area contributed by atoms with Crippen molar-refractivity contribution in [2.45, 2.75) is 32.8 Å². The zero-order valence-electron chi connectivity index (χ0n) is 21.4. The molecule has 39 heavy (non-hydrogen) atoms. The number of amides is 2. The van der Waals surface area contributed by atoms with E-state index in [4.69, 9.17) is 9.47 Å². The lowest BCUT2D eigenvalue weighted by atomic mass is 9.96. The molecule has 5 rings (SSSR count). The van der Waals surface area contributed by atoms with Crippen LogP contribution in [0.25, 0.3) is 10.8 Å². The number of carbonyl (C=O) groups is 3. The highest BCUT2D eigenvalue weighted by Gasteiger charge is 2.44. The first-order valence-electron chi connectivity index (χ1n) is 12.7. The molecule has 1 aliphatic heterocycles. The van der Waals surface area contributed by atoms with Crippen LogP contribution in [-0.2, 0) is 11.4 Å². The van der Waals surface area contributed by atoms with E-state index < -0.39 is 29.5 Å². The number of ether oxygens (including phenoxy) is 2. The fourth-order valence-electron chi connectivity index (χ4n) is 4.97. The van der Waals surface area contributed by atoms with E-state index >= 15 is 4.39 Å². The van der Waals surface area contributed by atoms with Gasteiger partial charge in [-0.25, -0.2) is 9.29 Å². The number of imide groups is 1. The second-order valence-electron chi connectivity index (χ2n) is 9.11. The Balaban J connectivity index is 1.65. The molecule has 1 unspecified atom stereocenters. The number of benzene rings is 4. The molecule has 4 aromatic carbocycles. The minimum Gasteiger partial charge on any atom is -0.492 e. The molecule has 7 nitrogen and oxygen atoms in total. The molecule has 0 fully saturated rings. The van der Waals surface area contributed by atoms with E-state index in [1.165, 1.54) is 12.1 Å². The van der Waals surface area contributed by atoms with Crippen molar-refractivity contribution in [3.63, 3.8) is 0 Å². The predicted molar refractivity (Wildman–Crippen MR) is 144 cm³/mol. The van der Waals surface area contributed by atoms with E-state index in [2.05, 4.69) is 0 Å². The van der Waals surface area contributed by atoms with Gasteiger partial charge in [0, 0.05) is 16.3 Å². The summed E-state index contributed by atoms with van der Waals surface area (Å²) >= 11 is 0. The second kappa shape index (κ2) is 10.6. The van der Waals surface area contributed by atoms with Crippen LogP contribution in [0, 0.1) is 5.82 Å². The second-order valence-corrected chi connectivity index (χ2v) is 9.11. The molecule has 0 saturated carbocycles. The first-order valence-corrected chi connectivity index (χ1v) is 12.7. The maximum absolute atomic E-state index is 15.1. The number of nitrogens with zero attached hydrogens (tertiary/aromatic N) is 1. The molecule has 1 aliphatic rings. The quantitative estimate of drug-likeness (QED) is 0.256. The molecule has 0 saturated heterocycles. The Morgan fingerprint density at radius 1 is 0.872 bits per heavy atom. The summed E-state index contributed by atoms with van der Waals surface area (Å²) in [5.74, 6) is -3.87. The van der Waals surface area contributed by atoms with Crippen molar-refractivity contribution in [1.29, 1.82) is 0 Å². The topological polar surface area (TPSA) is 93.1 Å². The van der Waals surface area contributed by atoms with Crippen LogP contribution in [0.4, 0.5) is 10.1 Å². The van der Waals surface area contributed by atoms with Crippen molar-refractivity contribution >= 4 is 34.2 Å². The highest BCUT2D eigenvalue weighted by atomic mass is 19.1. The fraction of sp³-hybridized carbons (Fsp3) is 0.194. The van der Waals surface area contributed by atoms with Gasteiger partial charge in [0.1, 0.15) is 23.9 Å². The number of aliphatic carboxylic acids is 1. The van der Waals surface area contributed by atoms with Gasteiger partial charge in [0.2, 0.25) is 0 Å². The van der Waals surface area contributed by atoms with Crippen LogP contribution in [-0.4, -0.2) is 29.5 Å². The molecule has 2 amide bonds. The van der Waals surface area contributed by atoms with Gasteiger partial charge in [-0.05, 0) is 31.0 Å². The molecule has 198 valence electrons. The summed E-state index contributed by atoms with van der Waals surface area (Å²) in [6.07, 6.45) is 0.186. The van der Waals surface area contributed by atoms with E-state index in [1.54, 1.807) is 38.1 Å². The number of carbonyl (C=O) groups excluding carboxylic acids is 2. The van der Waals surface area contributed by atoms with Crippen LogP contribution in [0.5, 0.6) is 11.5 Å². The van der Waals surface area contributed by atoms with Gasteiger partial charge in [-0.3, -0.25) is 14.4 Å². The van der Waals surface area contributed by atoms with Gasteiger partial charge in [0.25, 0.3) is 11.8 Å². The summed E-state index contributed by atoms with van der Waals surface area (Å²) in [5, 5.41) is 10.7. The van der Waals surface area contributed by atoms with E-state index in [1.807, 2.05) is 30.3 Å². The Hall–Kier alpha value is -4.72. The third-order valence-electron chi connectivity index (χ3n) is 6.79. The van der Waals surface area contributed by atoms with Crippen LogP contribution in [0.15, 0.2) is 72.8 Å². The normalized spacial score (nSPS) is 13.5. The van der Waals surface area contributed by atoms with Crippen molar-refractivity contribution in [2.75, 3.05) is 11.5 Å². The van der Waals surface area contributed by atoms with E-state index in [0.717, 1.165) is 16.5 Å². The van der Waals surface area contributed by atoms with Crippen LogP contribution >= 0.6 is 0 Å². The van der Waals surface area contributed by atoms with E-state index in [-0.39, 0.29) is 53.5 Å². The Morgan fingerprint density at radius 3 is 2.00 bits per heavy atom. The van der Waals surface area contributed by atoms with Gasteiger partial charge < -0.3 is 14.6 Å². The maximum atomic E-state index is 15.1. The van der Waals surface area contributed by atoms with Crippen molar-refractivity contribution in [3.8, 4) is 11.5 Å². The molecular formula is C31H26FNO6. The average Bonchev–Trinajstić information content (AvgIpc) is 3.19. The van der Waals surface area contributed by atoms with Gasteiger partial charge in [-0.15, -0.1) is 0 Å². The smallest absolute Gasteiger partial charge is 0.311 e. The first kappa shape index (κ1) is 25.9. The van der Waals surface area contributed by atoms with E-state index in [9.17, 15) is 19.5 Å². The van der Waals surface area contributed by atoms with Crippen molar-refractivity contribution < 1.29 is 33.4 Å². The Labute approximate surface area is 224 Å². The molecule has 0 aromatic heterocycles. The number of anilines is 1. The predicted octanol–water partition coefficient (Wildman–Crippen LogP) is 6.34. The van der Waals surface area contributed by atoms with Crippen LogP contribution < -0.4 is 14.4 Å². The van der Waals surface area contributed by atoms with Gasteiger partial charge >= 0.3 is 5.97 Å². The summed E-state index contributed by atoms with van der Waals surface area (Å²) in [4.78, 5) is 40.2. The summed E-state index contributed by atoms with van der Waals surface area (Å²) in [6, 6.07) is 20.3. The Kier molecular flexibility index (Phi) is 7.02. The summed E-state index contributed by atoms with van der Waals surface area (Å²) in [7, 11) is 0. The largest absolute Gasteiger partial charge is 0.492 e. The Morgan fingerprint density at radius 2 is 1.46 bits per heavy atom. The third kappa shape index (κ3) is 4.48. The number of carboxylic acid groups (broad SMARTS) is 1. The summed E-state index contributed by atoms with van der Waals surface area (Å²) in [6.45, 7) is 3.83. The maximum Gasteiger partial charge on any atom is 0.311 e. The molecule has 0 bridgehead atoms.